The topological polar surface area (TPSA) is 34.1 Å². The molecule has 0 aromatic heterocycles. The zero-order chi connectivity index (χ0) is 13.9. The highest BCUT2D eigenvalue weighted by atomic mass is 16.2. The lowest BCUT2D eigenvalue weighted by molar-refractivity contribution is -0.133. The third kappa shape index (κ3) is 1.63. The summed E-state index contributed by atoms with van der Waals surface area (Å²) in [6, 6.07) is 0. The smallest absolute Gasteiger partial charge is 0.222 e. The molecule has 0 bridgehead atoms. The van der Waals surface area contributed by atoms with Crippen molar-refractivity contribution in [3.63, 3.8) is 0 Å². The number of hydrogen-bond donors (Lipinski definition) is 0. The molecule has 106 valence electrons. The number of ketones is 2. The number of carbonyl (C=O) groups is 2. The third-order valence-corrected chi connectivity index (χ3v) is 6.47. The second-order valence-corrected chi connectivity index (χ2v) is 7.44. The third-order valence-electron chi connectivity index (χ3n) is 6.47. The van der Waals surface area contributed by atoms with E-state index in [1.807, 2.05) is 0 Å². The Morgan fingerprint density at radius 1 is 1.15 bits per heavy atom. The van der Waals surface area contributed by atoms with E-state index >= 15 is 0 Å². The molecular formula is C18H22O2. The first-order chi connectivity index (χ1) is 9.58. The van der Waals surface area contributed by atoms with E-state index in [9.17, 15) is 9.59 Å². The van der Waals surface area contributed by atoms with Crippen LogP contribution in [0.25, 0.3) is 0 Å². The van der Waals surface area contributed by atoms with Crippen molar-refractivity contribution in [2.24, 2.45) is 17.3 Å². The van der Waals surface area contributed by atoms with Crippen LogP contribution in [0.5, 0.6) is 0 Å². The second kappa shape index (κ2) is 4.16. The summed E-state index contributed by atoms with van der Waals surface area (Å²) >= 11 is 0. The van der Waals surface area contributed by atoms with E-state index in [-0.39, 0.29) is 11.6 Å². The maximum absolute atomic E-state index is 11.8. The summed E-state index contributed by atoms with van der Waals surface area (Å²) in [5.41, 5.74) is 4.54. The number of Topliss-reactive ketones (excluding diaryl/α,β-unsaturated/α-hetero) is 1. The zero-order valence-electron chi connectivity index (χ0n) is 12.2. The van der Waals surface area contributed by atoms with Gasteiger partial charge >= 0.3 is 0 Å². The lowest BCUT2D eigenvalue weighted by atomic mass is 9.58. The molecule has 4 rings (SSSR count). The van der Waals surface area contributed by atoms with Gasteiger partial charge in [0.25, 0.3) is 0 Å². The zero-order valence-corrected chi connectivity index (χ0v) is 12.2. The van der Waals surface area contributed by atoms with Gasteiger partial charge < -0.3 is 0 Å². The predicted molar refractivity (Wildman–Crippen MR) is 77.1 cm³/mol. The fourth-order valence-corrected chi connectivity index (χ4v) is 5.40. The van der Waals surface area contributed by atoms with Crippen LogP contribution in [-0.4, -0.2) is 11.6 Å². The van der Waals surface area contributed by atoms with Gasteiger partial charge in [-0.05, 0) is 73.0 Å². The fraction of sp³-hybridized carbons (Fsp3) is 0.667. The van der Waals surface area contributed by atoms with Crippen LogP contribution in [-0.2, 0) is 9.59 Å². The van der Waals surface area contributed by atoms with Crippen molar-refractivity contribution >= 4 is 11.6 Å². The molecule has 0 aliphatic heterocycles. The largest absolute Gasteiger partial charge is 0.290 e. The number of hydrogen-bond acceptors (Lipinski definition) is 2. The minimum absolute atomic E-state index is 0.198. The summed E-state index contributed by atoms with van der Waals surface area (Å²) in [7, 11) is 0. The summed E-state index contributed by atoms with van der Waals surface area (Å²) in [6.07, 6.45) is 10.8. The van der Waals surface area contributed by atoms with Crippen LogP contribution < -0.4 is 0 Å². The highest BCUT2D eigenvalue weighted by Crippen LogP contribution is 2.59. The Morgan fingerprint density at radius 3 is 2.85 bits per heavy atom. The summed E-state index contributed by atoms with van der Waals surface area (Å²) < 4.78 is 0. The SMILES string of the molecule is C[C@@]12CCC[C@H]1[C@@H]1CCC3=CC(=O)C(=O)CC3=C1CC2. The lowest BCUT2D eigenvalue weighted by Gasteiger charge is -2.47. The van der Waals surface area contributed by atoms with Crippen molar-refractivity contribution in [2.75, 3.05) is 0 Å². The van der Waals surface area contributed by atoms with Crippen molar-refractivity contribution in [3.8, 4) is 0 Å². The molecule has 2 fully saturated rings. The fourth-order valence-electron chi connectivity index (χ4n) is 5.40. The standard InChI is InChI=1S/C18H22O2/c1-18-7-2-3-15(18)13-5-4-11-9-16(19)17(20)10-14(11)12(13)6-8-18/h9,13,15H,2-8,10H2,1H3/t13-,15+,18+/m1/s1. The van der Waals surface area contributed by atoms with Crippen LogP contribution >= 0.6 is 0 Å². The van der Waals surface area contributed by atoms with E-state index in [0.29, 0.717) is 17.8 Å². The van der Waals surface area contributed by atoms with E-state index in [1.54, 1.807) is 11.6 Å². The first-order valence-electron chi connectivity index (χ1n) is 8.08. The Bertz CT molecular complexity index is 566. The molecule has 3 atom stereocenters. The Hall–Kier alpha value is -1.18. The number of fused-ring (bicyclic) bond motifs is 4. The number of allylic oxidation sites excluding steroid dienone is 4. The van der Waals surface area contributed by atoms with E-state index in [4.69, 9.17) is 0 Å². The average molecular weight is 270 g/mol. The minimum atomic E-state index is -0.274. The molecule has 0 aromatic rings. The molecule has 20 heavy (non-hydrogen) atoms. The van der Waals surface area contributed by atoms with Crippen LogP contribution in [0.4, 0.5) is 0 Å². The van der Waals surface area contributed by atoms with Crippen molar-refractivity contribution < 1.29 is 9.59 Å². The molecule has 4 aliphatic carbocycles. The molecule has 0 spiro atoms. The average Bonchev–Trinajstić information content (AvgIpc) is 2.82. The molecule has 0 amide bonds. The molecular weight excluding hydrogens is 248 g/mol. The molecule has 0 saturated heterocycles. The Balaban J connectivity index is 1.77. The first kappa shape index (κ1) is 12.6. The van der Waals surface area contributed by atoms with Gasteiger partial charge in [0.15, 0.2) is 0 Å². The van der Waals surface area contributed by atoms with E-state index in [1.165, 1.54) is 43.3 Å². The Labute approximate surface area is 120 Å². The lowest BCUT2D eigenvalue weighted by Crippen LogP contribution is -2.37. The van der Waals surface area contributed by atoms with Gasteiger partial charge in [0.05, 0.1) is 0 Å². The minimum Gasteiger partial charge on any atom is -0.290 e. The first-order valence-corrected chi connectivity index (χ1v) is 8.08. The quantitative estimate of drug-likeness (QED) is 0.628. The molecule has 0 unspecified atom stereocenters. The van der Waals surface area contributed by atoms with Gasteiger partial charge in [0, 0.05) is 6.42 Å². The van der Waals surface area contributed by atoms with Gasteiger partial charge in [-0.15, -0.1) is 0 Å². The molecule has 0 heterocycles. The molecule has 4 aliphatic rings. The van der Waals surface area contributed by atoms with Crippen LogP contribution in [0.1, 0.15) is 58.3 Å². The van der Waals surface area contributed by atoms with Crippen LogP contribution in [0.3, 0.4) is 0 Å². The van der Waals surface area contributed by atoms with Crippen LogP contribution in [0, 0.1) is 17.3 Å². The van der Waals surface area contributed by atoms with Gasteiger partial charge in [-0.25, -0.2) is 0 Å². The normalized spacial score (nSPS) is 40.1. The Morgan fingerprint density at radius 2 is 2.00 bits per heavy atom. The predicted octanol–water partition coefficient (Wildman–Crippen LogP) is 3.76. The molecule has 0 N–H and O–H groups in total. The summed E-state index contributed by atoms with van der Waals surface area (Å²) in [6.45, 7) is 2.48. The molecule has 2 saturated carbocycles. The van der Waals surface area contributed by atoms with Crippen LogP contribution in [0.15, 0.2) is 22.8 Å². The van der Waals surface area contributed by atoms with Crippen molar-refractivity contribution in [1.82, 2.24) is 0 Å². The summed E-state index contributed by atoms with van der Waals surface area (Å²) in [5.74, 6) is 1.05. The van der Waals surface area contributed by atoms with Crippen molar-refractivity contribution in [2.45, 2.75) is 58.3 Å². The second-order valence-electron chi connectivity index (χ2n) is 7.44. The van der Waals surface area contributed by atoms with Gasteiger partial charge in [0.1, 0.15) is 0 Å². The number of carbonyl (C=O) groups excluding carboxylic acids is 2. The van der Waals surface area contributed by atoms with Gasteiger partial charge in [-0.3, -0.25) is 9.59 Å². The van der Waals surface area contributed by atoms with Crippen molar-refractivity contribution in [3.05, 3.63) is 22.8 Å². The highest BCUT2D eigenvalue weighted by molar-refractivity contribution is 6.43. The van der Waals surface area contributed by atoms with E-state index < -0.39 is 0 Å². The maximum atomic E-state index is 11.8. The monoisotopic (exact) mass is 270 g/mol. The summed E-state index contributed by atoms with van der Waals surface area (Å²) in [4.78, 5) is 23.4. The molecule has 0 radical (unpaired) electrons. The maximum Gasteiger partial charge on any atom is 0.222 e. The van der Waals surface area contributed by atoms with Crippen molar-refractivity contribution in [1.29, 1.82) is 0 Å². The number of rotatable bonds is 0. The molecule has 0 aromatic carbocycles. The Kier molecular flexibility index (Phi) is 2.61. The summed E-state index contributed by atoms with van der Waals surface area (Å²) in [5, 5.41) is 0. The van der Waals surface area contributed by atoms with Crippen LogP contribution in [0.2, 0.25) is 0 Å². The van der Waals surface area contributed by atoms with Gasteiger partial charge in [-0.1, -0.05) is 18.9 Å². The van der Waals surface area contributed by atoms with Gasteiger partial charge in [-0.2, -0.15) is 0 Å². The highest BCUT2D eigenvalue weighted by Gasteiger charge is 2.48. The molecule has 2 heteroatoms. The van der Waals surface area contributed by atoms with E-state index in [2.05, 4.69) is 6.92 Å². The molecule has 2 nitrogen and oxygen atoms in total. The van der Waals surface area contributed by atoms with Gasteiger partial charge in [0.2, 0.25) is 11.6 Å². The van der Waals surface area contributed by atoms with E-state index in [0.717, 1.165) is 18.8 Å².